The summed E-state index contributed by atoms with van der Waals surface area (Å²) in [4.78, 5) is 11.1. The smallest absolute Gasteiger partial charge is 0.305 e. The summed E-state index contributed by atoms with van der Waals surface area (Å²) in [7, 11) is 1.48. The number of carbonyl (C=O) groups excluding carboxylic acids is 1. The second-order valence-electron chi connectivity index (χ2n) is 16.5. The summed E-state index contributed by atoms with van der Waals surface area (Å²) in [6, 6.07) is 0. The molecular weight excluding hydrogens is 609 g/mol. The van der Waals surface area contributed by atoms with E-state index in [1.165, 1.54) is 283 Å². The predicted molar refractivity (Wildman–Crippen MR) is 225 cm³/mol. The van der Waals surface area contributed by atoms with Crippen molar-refractivity contribution in [2.24, 2.45) is 0 Å². The van der Waals surface area contributed by atoms with Crippen LogP contribution in [0, 0.1) is 0 Å². The van der Waals surface area contributed by atoms with Gasteiger partial charge in [0.25, 0.3) is 0 Å². The van der Waals surface area contributed by atoms with Crippen molar-refractivity contribution in [3.63, 3.8) is 0 Å². The molecule has 2 heteroatoms. The molecule has 0 aliphatic carbocycles. The normalized spacial score (nSPS) is 11.5. The lowest BCUT2D eigenvalue weighted by molar-refractivity contribution is -0.140. The highest BCUT2D eigenvalue weighted by Crippen LogP contribution is 2.18. The van der Waals surface area contributed by atoms with Gasteiger partial charge in [-0.3, -0.25) is 4.79 Å². The van der Waals surface area contributed by atoms with E-state index in [4.69, 9.17) is 4.74 Å². The van der Waals surface area contributed by atoms with E-state index in [-0.39, 0.29) is 5.97 Å². The van der Waals surface area contributed by atoms with E-state index in [1.807, 2.05) is 0 Å². The molecule has 0 aromatic rings. The molecule has 0 heterocycles. The van der Waals surface area contributed by atoms with Gasteiger partial charge in [-0.15, -0.1) is 0 Å². The molecule has 0 N–H and O–H groups in total. The van der Waals surface area contributed by atoms with Crippen LogP contribution in [0.1, 0.15) is 296 Å². The van der Waals surface area contributed by atoms with Crippen LogP contribution >= 0.6 is 0 Å². The van der Waals surface area contributed by atoms with E-state index < -0.39 is 0 Å². The largest absolute Gasteiger partial charge is 0.469 e. The maximum Gasteiger partial charge on any atom is 0.305 e. The summed E-state index contributed by atoms with van der Waals surface area (Å²) < 4.78 is 4.69. The highest BCUT2D eigenvalue weighted by atomic mass is 16.5. The molecule has 0 aromatic carbocycles. The third-order valence-corrected chi connectivity index (χ3v) is 11.5. The molecule has 0 saturated carbocycles. The molecule has 0 fully saturated rings. The lowest BCUT2D eigenvalue weighted by atomic mass is 10.0. The monoisotopic (exact) mass is 705 g/mol. The fraction of sp³-hybridized carbons (Fsp3) is 0.979. The predicted octanol–water partition coefficient (Wildman–Crippen LogP) is 17.7. The number of hydrogen-bond acceptors (Lipinski definition) is 2. The van der Waals surface area contributed by atoms with Gasteiger partial charge >= 0.3 is 5.97 Å². The highest BCUT2D eigenvalue weighted by Gasteiger charge is 2.00. The summed E-state index contributed by atoms with van der Waals surface area (Å²) in [5.74, 6) is -0.0583. The van der Waals surface area contributed by atoms with Gasteiger partial charge in [-0.05, 0) is 6.42 Å². The Kier molecular flexibility index (Phi) is 46.0. The first-order valence-electron chi connectivity index (χ1n) is 23.9. The summed E-state index contributed by atoms with van der Waals surface area (Å²) >= 11 is 0. The maximum absolute atomic E-state index is 11.1. The topological polar surface area (TPSA) is 26.3 Å². The van der Waals surface area contributed by atoms with Crippen molar-refractivity contribution in [2.45, 2.75) is 296 Å². The average molecular weight is 705 g/mol. The van der Waals surface area contributed by atoms with Gasteiger partial charge in [-0.2, -0.15) is 0 Å². The van der Waals surface area contributed by atoms with E-state index in [1.54, 1.807) is 0 Å². The van der Waals surface area contributed by atoms with Crippen LogP contribution in [-0.4, -0.2) is 13.1 Å². The molecule has 0 spiro atoms. The zero-order valence-corrected chi connectivity index (χ0v) is 35.1. The maximum atomic E-state index is 11.1. The first kappa shape index (κ1) is 49.5. The SMILES string of the molecule is CCCCCCCCCCCCCCCCCCCCCCCCCCCCCCCCCCCCCCCCCCCCCCC(=O)OC. The second-order valence-corrected chi connectivity index (χ2v) is 16.5. The average Bonchev–Trinajstić information content (AvgIpc) is 3.13. The van der Waals surface area contributed by atoms with Crippen LogP contribution in [0.25, 0.3) is 0 Å². The minimum Gasteiger partial charge on any atom is -0.469 e. The van der Waals surface area contributed by atoms with Gasteiger partial charge in [-0.25, -0.2) is 0 Å². The first-order valence-corrected chi connectivity index (χ1v) is 23.9. The van der Waals surface area contributed by atoms with E-state index in [0.717, 1.165) is 6.42 Å². The lowest BCUT2D eigenvalue weighted by Gasteiger charge is -2.05. The van der Waals surface area contributed by atoms with Gasteiger partial charge in [0.05, 0.1) is 7.11 Å². The van der Waals surface area contributed by atoms with E-state index in [9.17, 15) is 4.79 Å². The number of carbonyl (C=O) groups is 1. The van der Waals surface area contributed by atoms with Crippen molar-refractivity contribution in [3.05, 3.63) is 0 Å². The second kappa shape index (κ2) is 46.5. The molecule has 300 valence electrons. The van der Waals surface area contributed by atoms with Crippen LogP contribution in [0.2, 0.25) is 0 Å². The molecule has 0 radical (unpaired) electrons. The summed E-state index contributed by atoms with van der Waals surface area (Å²) in [5, 5.41) is 0. The van der Waals surface area contributed by atoms with E-state index in [2.05, 4.69) is 6.92 Å². The lowest BCUT2D eigenvalue weighted by Crippen LogP contribution is -1.99. The fourth-order valence-electron chi connectivity index (χ4n) is 7.87. The van der Waals surface area contributed by atoms with Gasteiger partial charge in [0.15, 0.2) is 0 Å². The van der Waals surface area contributed by atoms with Crippen LogP contribution in [-0.2, 0) is 9.53 Å². The van der Waals surface area contributed by atoms with Crippen molar-refractivity contribution in [1.29, 1.82) is 0 Å². The Morgan fingerprint density at radius 3 is 0.540 bits per heavy atom. The van der Waals surface area contributed by atoms with Crippen molar-refractivity contribution in [1.82, 2.24) is 0 Å². The molecule has 50 heavy (non-hydrogen) atoms. The Labute approximate surface area is 317 Å². The Hall–Kier alpha value is -0.530. The number of esters is 1. The highest BCUT2D eigenvalue weighted by molar-refractivity contribution is 5.68. The number of unbranched alkanes of at least 4 members (excludes halogenated alkanes) is 43. The zero-order valence-electron chi connectivity index (χ0n) is 35.1. The van der Waals surface area contributed by atoms with Gasteiger partial charge in [0, 0.05) is 6.42 Å². The molecule has 0 aromatic heterocycles. The molecule has 0 amide bonds. The molecule has 0 saturated heterocycles. The first-order chi connectivity index (χ1) is 24.8. The van der Waals surface area contributed by atoms with Crippen molar-refractivity contribution >= 4 is 5.97 Å². The van der Waals surface area contributed by atoms with E-state index >= 15 is 0 Å². The number of rotatable bonds is 45. The molecular formula is C48H96O2. The Bertz CT molecular complexity index is 601. The molecule has 0 bridgehead atoms. The minimum absolute atomic E-state index is 0.0583. The third kappa shape index (κ3) is 45.5. The van der Waals surface area contributed by atoms with Crippen LogP contribution in [0.5, 0.6) is 0 Å². The number of methoxy groups -OCH3 is 1. The van der Waals surface area contributed by atoms with Crippen molar-refractivity contribution in [2.75, 3.05) is 7.11 Å². The van der Waals surface area contributed by atoms with Crippen LogP contribution < -0.4 is 0 Å². The third-order valence-electron chi connectivity index (χ3n) is 11.5. The molecule has 2 nitrogen and oxygen atoms in total. The standard InChI is InChI=1S/C48H96O2/c1-3-4-5-6-7-8-9-10-11-12-13-14-15-16-17-18-19-20-21-22-23-24-25-26-27-28-29-30-31-32-33-34-35-36-37-38-39-40-41-42-43-44-45-46-47-48(49)50-2/h3-47H2,1-2H3. The Morgan fingerprint density at radius 1 is 0.260 bits per heavy atom. The molecule has 0 unspecified atom stereocenters. The van der Waals surface area contributed by atoms with Crippen LogP contribution in [0.15, 0.2) is 0 Å². The van der Waals surface area contributed by atoms with Gasteiger partial charge < -0.3 is 4.74 Å². The summed E-state index contributed by atoms with van der Waals surface area (Å²) in [5.41, 5.74) is 0. The Morgan fingerprint density at radius 2 is 0.400 bits per heavy atom. The van der Waals surface area contributed by atoms with Gasteiger partial charge in [-0.1, -0.05) is 283 Å². The Balaban J connectivity index is 3.05. The molecule has 0 aliphatic rings. The van der Waals surface area contributed by atoms with Crippen LogP contribution in [0.4, 0.5) is 0 Å². The van der Waals surface area contributed by atoms with Crippen LogP contribution in [0.3, 0.4) is 0 Å². The van der Waals surface area contributed by atoms with Gasteiger partial charge in [0.2, 0.25) is 0 Å². The van der Waals surface area contributed by atoms with Crippen molar-refractivity contribution < 1.29 is 9.53 Å². The number of ether oxygens (including phenoxy) is 1. The fourth-order valence-corrected chi connectivity index (χ4v) is 7.87. The minimum atomic E-state index is -0.0583. The zero-order chi connectivity index (χ0) is 36.1. The van der Waals surface area contributed by atoms with Crippen molar-refractivity contribution in [3.8, 4) is 0 Å². The molecule has 0 aliphatic heterocycles. The van der Waals surface area contributed by atoms with Gasteiger partial charge in [0.1, 0.15) is 0 Å². The quantitative estimate of drug-likeness (QED) is 0.0466. The summed E-state index contributed by atoms with van der Waals surface area (Å²) in [6.07, 6.45) is 64.1. The molecule has 0 rings (SSSR count). The summed E-state index contributed by atoms with van der Waals surface area (Å²) in [6.45, 7) is 2.31. The number of hydrogen-bond donors (Lipinski definition) is 0. The van der Waals surface area contributed by atoms with E-state index in [0.29, 0.717) is 6.42 Å². The molecule has 0 atom stereocenters.